The normalized spacial score (nSPS) is 15.9. The predicted molar refractivity (Wildman–Crippen MR) is 131 cm³/mol. The molecule has 1 saturated heterocycles. The zero-order valence-corrected chi connectivity index (χ0v) is 20.0. The first-order chi connectivity index (χ1) is 16.4. The standard InChI is InChI=1S/C23H28N8O2S/c1-15(2)20(21(24)33)31-10-8-30(9-11-31)14-19(32)28-18-13-17(23-26-7-12-34-23)27-22(29-18)16-5-3-4-6-25-16/h3-7,12-13,15,20H,8-11,14H2,1-2H3,(H2,24,33)(H,27,28,29,32). The molecule has 4 rings (SSSR count). The Morgan fingerprint density at radius 1 is 1.09 bits per heavy atom. The van der Waals surface area contributed by atoms with Crippen molar-refractivity contribution in [1.82, 2.24) is 29.7 Å². The van der Waals surface area contributed by atoms with Gasteiger partial charge in [-0.15, -0.1) is 11.3 Å². The topological polar surface area (TPSA) is 130 Å². The molecular weight excluding hydrogens is 452 g/mol. The molecule has 3 aromatic rings. The van der Waals surface area contributed by atoms with Gasteiger partial charge in [0, 0.05) is 50.0 Å². The van der Waals surface area contributed by atoms with Crippen molar-refractivity contribution in [2.75, 3.05) is 38.0 Å². The molecule has 0 bridgehead atoms. The van der Waals surface area contributed by atoms with Crippen molar-refractivity contribution in [3.8, 4) is 22.2 Å². The van der Waals surface area contributed by atoms with Crippen molar-refractivity contribution in [3.05, 3.63) is 42.0 Å². The third-order valence-electron chi connectivity index (χ3n) is 5.63. The third-order valence-corrected chi connectivity index (χ3v) is 6.43. The summed E-state index contributed by atoms with van der Waals surface area (Å²) < 4.78 is 0. The summed E-state index contributed by atoms with van der Waals surface area (Å²) in [5, 5.41) is 5.51. The van der Waals surface area contributed by atoms with Crippen LogP contribution in [0.3, 0.4) is 0 Å². The summed E-state index contributed by atoms with van der Waals surface area (Å²) in [7, 11) is 0. The van der Waals surface area contributed by atoms with Gasteiger partial charge in [-0.1, -0.05) is 19.9 Å². The molecule has 34 heavy (non-hydrogen) atoms. The number of hydrogen-bond acceptors (Lipinski definition) is 9. The number of anilines is 1. The van der Waals surface area contributed by atoms with E-state index >= 15 is 0 Å². The number of carbonyl (C=O) groups is 2. The molecule has 2 amide bonds. The number of nitrogens with two attached hydrogens (primary N) is 1. The largest absolute Gasteiger partial charge is 0.368 e. The van der Waals surface area contributed by atoms with Crippen LogP contribution in [-0.4, -0.2) is 80.3 Å². The summed E-state index contributed by atoms with van der Waals surface area (Å²) >= 11 is 1.46. The molecule has 1 unspecified atom stereocenters. The summed E-state index contributed by atoms with van der Waals surface area (Å²) in [6, 6.07) is 6.95. The van der Waals surface area contributed by atoms with E-state index in [4.69, 9.17) is 5.73 Å². The molecule has 1 fully saturated rings. The van der Waals surface area contributed by atoms with Crippen molar-refractivity contribution in [3.63, 3.8) is 0 Å². The Labute approximate surface area is 202 Å². The molecule has 0 aromatic carbocycles. The average Bonchev–Trinajstić information content (AvgIpc) is 3.35. The van der Waals surface area contributed by atoms with E-state index < -0.39 is 0 Å². The van der Waals surface area contributed by atoms with E-state index in [1.807, 2.05) is 37.4 Å². The number of pyridine rings is 1. The zero-order chi connectivity index (χ0) is 24.1. The molecular formula is C23H28N8O2S. The van der Waals surface area contributed by atoms with Gasteiger partial charge < -0.3 is 11.1 Å². The minimum Gasteiger partial charge on any atom is -0.368 e. The minimum absolute atomic E-state index is 0.144. The number of aromatic nitrogens is 4. The highest BCUT2D eigenvalue weighted by atomic mass is 32.1. The lowest BCUT2D eigenvalue weighted by Crippen LogP contribution is -2.56. The van der Waals surface area contributed by atoms with Crippen molar-refractivity contribution in [1.29, 1.82) is 0 Å². The second-order valence-electron chi connectivity index (χ2n) is 8.47. The zero-order valence-electron chi connectivity index (χ0n) is 19.2. The molecule has 178 valence electrons. The molecule has 11 heteroatoms. The third kappa shape index (κ3) is 5.79. The van der Waals surface area contributed by atoms with E-state index in [-0.39, 0.29) is 30.3 Å². The van der Waals surface area contributed by atoms with Crippen LogP contribution in [0.5, 0.6) is 0 Å². The highest BCUT2D eigenvalue weighted by molar-refractivity contribution is 7.13. The van der Waals surface area contributed by atoms with Gasteiger partial charge in [-0.25, -0.2) is 15.0 Å². The van der Waals surface area contributed by atoms with Crippen LogP contribution in [0.25, 0.3) is 22.2 Å². The van der Waals surface area contributed by atoms with Gasteiger partial charge in [-0.2, -0.15) is 0 Å². The molecule has 0 saturated carbocycles. The Morgan fingerprint density at radius 3 is 2.50 bits per heavy atom. The molecule has 1 aliphatic heterocycles. The Balaban J connectivity index is 1.43. The Hall–Kier alpha value is -3.28. The number of hydrogen-bond donors (Lipinski definition) is 2. The second kappa shape index (κ2) is 10.8. The van der Waals surface area contributed by atoms with Gasteiger partial charge in [0.15, 0.2) is 5.82 Å². The number of nitrogens with zero attached hydrogens (tertiary/aromatic N) is 6. The van der Waals surface area contributed by atoms with E-state index in [1.54, 1.807) is 18.5 Å². The maximum atomic E-state index is 12.8. The van der Waals surface area contributed by atoms with E-state index in [9.17, 15) is 9.59 Å². The maximum Gasteiger partial charge on any atom is 0.239 e. The first-order valence-electron chi connectivity index (χ1n) is 11.2. The quantitative estimate of drug-likeness (QED) is 0.498. The Bertz CT molecular complexity index is 1120. The fourth-order valence-corrected chi connectivity index (χ4v) is 4.69. The minimum atomic E-state index is -0.301. The van der Waals surface area contributed by atoms with Gasteiger partial charge >= 0.3 is 0 Å². The highest BCUT2D eigenvalue weighted by Crippen LogP contribution is 2.25. The lowest BCUT2D eigenvalue weighted by Gasteiger charge is -2.39. The van der Waals surface area contributed by atoms with Crippen LogP contribution in [0.4, 0.5) is 5.82 Å². The van der Waals surface area contributed by atoms with Crippen LogP contribution in [0.1, 0.15) is 13.8 Å². The van der Waals surface area contributed by atoms with Crippen molar-refractivity contribution in [2.24, 2.45) is 11.7 Å². The van der Waals surface area contributed by atoms with Gasteiger partial charge in [0.25, 0.3) is 0 Å². The molecule has 1 aliphatic rings. The summed E-state index contributed by atoms with van der Waals surface area (Å²) in [6.45, 7) is 6.95. The van der Waals surface area contributed by atoms with Crippen LogP contribution in [-0.2, 0) is 9.59 Å². The molecule has 0 spiro atoms. The van der Waals surface area contributed by atoms with Gasteiger partial charge in [0.2, 0.25) is 11.8 Å². The first kappa shape index (κ1) is 23.9. The molecule has 0 radical (unpaired) electrons. The van der Waals surface area contributed by atoms with Gasteiger partial charge in [-0.3, -0.25) is 24.4 Å². The van der Waals surface area contributed by atoms with Crippen LogP contribution >= 0.6 is 11.3 Å². The molecule has 3 aromatic heterocycles. The van der Waals surface area contributed by atoms with E-state index in [2.05, 4.69) is 35.1 Å². The molecule has 3 N–H and O–H groups in total. The highest BCUT2D eigenvalue weighted by Gasteiger charge is 2.30. The Kier molecular flexibility index (Phi) is 7.56. The number of nitrogens with one attached hydrogen (secondary N) is 1. The first-order valence-corrected chi connectivity index (χ1v) is 12.0. The van der Waals surface area contributed by atoms with Crippen LogP contribution in [0, 0.1) is 5.92 Å². The summed E-state index contributed by atoms with van der Waals surface area (Å²) in [5.74, 6) is 0.496. The number of carbonyl (C=O) groups excluding carboxylic acids is 2. The van der Waals surface area contributed by atoms with Crippen molar-refractivity contribution in [2.45, 2.75) is 19.9 Å². The Morgan fingerprint density at radius 2 is 1.88 bits per heavy atom. The van der Waals surface area contributed by atoms with Crippen molar-refractivity contribution < 1.29 is 9.59 Å². The van der Waals surface area contributed by atoms with E-state index in [1.165, 1.54) is 11.3 Å². The van der Waals surface area contributed by atoms with Crippen LogP contribution < -0.4 is 11.1 Å². The van der Waals surface area contributed by atoms with Crippen molar-refractivity contribution >= 4 is 29.0 Å². The smallest absolute Gasteiger partial charge is 0.239 e. The summed E-state index contributed by atoms with van der Waals surface area (Å²) in [6.07, 6.45) is 3.39. The molecule has 4 heterocycles. The number of rotatable bonds is 8. The SMILES string of the molecule is CC(C)C(C(N)=O)N1CCN(CC(=O)Nc2cc(-c3nccs3)nc(-c3ccccn3)n2)CC1. The van der Waals surface area contributed by atoms with E-state index in [0.29, 0.717) is 49.2 Å². The second-order valence-corrected chi connectivity index (χ2v) is 9.36. The predicted octanol–water partition coefficient (Wildman–Crippen LogP) is 1.73. The lowest BCUT2D eigenvalue weighted by atomic mass is 10.0. The maximum absolute atomic E-state index is 12.8. The van der Waals surface area contributed by atoms with Crippen LogP contribution in [0.2, 0.25) is 0 Å². The van der Waals surface area contributed by atoms with Crippen LogP contribution in [0.15, 0.2) is 42.0 Å². The van der Waals surface area contributed by atoms with Gasteiger partial charge in [-0.05, 0) is 18.1 Å². The number of amides is 2. The summed E-state index contributed by atoms with van der Waals surface area (Å²) in [5.41, 5.74) is 6.83. The van der Waals surface area contributed by atoms with Gasteiger partial charge in [0.05, 0.1) is 12.6 Å². The number of thiazole rings is 1. The fraction of sp³-hybridized carbons (Fsp3) is 0.391. The molecule has 0 aliphatic carbocycles. The lowest BCUT2D eigenvalue weighted by molar-refractivity contribution is -0.126. The average molecular weight is 481 g/mol. The molecule has 1 atom stereocenters. The number of piperazine rings is 1. The van der Waals surface area contributed by atoms with Gasteiger partial charge in [0.1, 0.15) is 22.2 Å². The van der Waals surface area contributed by atoms with E-state index in [0.717, 1.165) is 5.01 Å². The fourth-order valence-electron chi connectivity index (χ4n) is 4.10. The summed E-state index contributed by atoms with van der Waals surface area (Å²) in [4.78, 5) is 46.6. The molecule has 10 nitrogen and oxygen atoms in total. The number of primary amides is 1. The monoisotopic (exact) mass is 480 g/mol.